The molecule has 4 nitrogen and oxygen atoms in total. The summed E-state index contributed by atoms with van der Waals surface area (Å²) in [7, 11) is 0. The summed E-state index contributed by atoms with van der Waals surface area (Å²) in [6.45, 7) is 0.141. The highest BCUT2D eigenvalue weighted by Gasteiger charge is 2.12. The molecule has 0 bridgehead atoms. The zero-order chi connectivity index (χ0) is 12.3. The first-order chi connectivity index (χ1) is 8.16. The number of ether oxygens (including phenoxy) is 1. The Morgan fingerprint density at radius 2 is 2.35 bits per heavy atom. The quantitative estimate of drug-likeness (QED) is 0.687. The third-order valence-corrected chi connectivity index (χ3v) is 3.03. The van der Waals surface area contributed by atoms with E-state index in [-0.39, 0.29) is 12.2 Å². The molecule has 2 aromatic rings. The van der Waals surface area contributed by atoms with Crippen LogP contribution in [0, 0.1) is 0 Å². The van der Waals surface area contributed by atoms with Gasteiger partial charge in [-0.3, -0.25) is 0 Å². The highest BCUT2D eigenvalue weighted by atomic mass is 35.5. The van der Waals surface area contributed by atoms with Gasteiger partial charge in [0.25, 0.3) is 0 Å². The molecular formula is C11H9ClN2O2S. The minimum Gasteiger partial charge on any atom is -0.455 e. The van der Waals surface area contributed by atoms with Crippen molar-refractivity contribution in [2.45, 2.75) is 6.61 Å². The molecule has 0 spiro atoms. The van der Waals surface area contributed by atoms with Crippen LogP contribution in [0.25, 0.3) is 0 Å². The Morgan fingerprint density at radius 1 is 1.53 bits per heavy atom. The van der Waals surface area contributed by atoms with Gasteiger partial charge >= 0.3 is 5.97 Å². The number of nitrogen functional groups attached to an aromatic ring is 1. The zero-order valence-electron chi connectivity index (χ0n) is 8.72. The molecule has 0 aliphatic carbocycles. The lowest BCUT2D eigenvalue weighted by Crippen LogP contribution is -2.08. The van der Waals surface area contributed by atoms with Crippen LogP contribution in [0.5, 0.6) is 0 Å². The maximum atomic E-state index is 11.7. The number of carbonyl (C=O) groups excluding carboxylic acids is 1. The van der Waals surface area contributed by atoms with Gasteiger partial charge in [-0.25, -0.2) is 9.78 Å². The van der Waals surface area contributed by atoms with Gasteiger partial charge in [-0.1, -0.05) is 11.6 Å². The Hall–Kier alpha value is -1.59. The molecule has 0 radical (unpaired) electrons. The molecule has 2 N–H and O–H groups in total. The topological polar surface area (TPSA) is 65.2 Å². The molecule has 88 valence electrons. The average molecular weight is 269 g/mol. The first-order valence-corrected chi connectivity index (χ1v) is 6.03. The maximum Gasteiger partial charge on any atom is 0.340 e. The van der Waals surface area contributed by atoms with Gasteiger partial charge in [-0.05, 0) is 18.2 Å². The van der Waals surface area contributed by atoms with E-state index in [0.29, 0.717) is 10.7 Å². The number of nitrogens with two attached hydrogens (primary N) is 1. The number of nitrogens with zero attached hydrogens (tertiary/aromatic N) is 1. The number of rotatable bonds is 3. The highest BCUT2D eigenvalue weighted by Crippen LogP contribution is 2.19. The van der Waals surface area contributed by atoms with Crippen molar-refractivity contribution >= 4 is 34.6 Å². The molecule has 0 aliphatic heterocycles. The fourth-order valence-corrected chi connectivity index (χ4v) is 1.93. The molecule has 0 fully saturated rings. The lowest BCUT2D eigenvalue weighted by atomic mass is 10.2. The van der Waals surface area contributed by atoms with Crippen LogP contribution in [-0.4, -0.2) is 11.0 Å². The van der Waals surface area contributed by atoms with Crippen LogP contribution in [0.15, 0.2) is 29.8 Å². The molecule has 0 atom stereocenters. The number of halogens is 1. The van der Waals surface area contributed by atoms with Crippen molar-refractivity contribution < 1.29 is 9.53 Å². The van der Waals surface area contributed by atoms with E-state index in [1.54, 1.807) is 18.3 Å². The Morgan fingerprint density at radius 3 is 3.06 bits per heavy atom. The summed E-state index contributed by atoms with van der Waals surface area (Å²) in [5, 5.41) is 3.00. The number of hydrogen-bond donors (Lipinski definition) is 1. The zero-order valence-corrected chi connectivity index (χ0v) is 10.3. The van der Waals surface area contributed by atoms with Gasteiger partial charge in [0.1, 0.15) is 11.6 Å². The number of carbonyl (C=O) groups is 1. The molecule has 0 saturated heterocycles. The van der Waals surface area contributed by atoms with Crippen molar-refractivity contribution in [1.82, 2.24) is 4.98 Å². The summed E-state index contributed by atoms with van der Waals surface area (Å²) in [6, 6.07) is 4.68. The number of benzene rings is 1. The summed E-state index contributed by atoms with van der Waals surface area (Å²) < 4.78 is 5.08. The molecule has 17 heavy (non-hydrogen) atoms. The predicted octanol–water partition coefficient (Wildman–Crippen LogP) is 2.74. The summed E-state index contributed by atoms with van der Waals surface area (Å²) in [6.07, 6.45) is 1.65. The Kier molecular flexibility index (Phi) is 3.61. The minimum absolute atomic E-state index is 0.141. The van der Waals surface area contributed by atoms with Crippen LogP contribution >= 0.6 is 22.9 Å². The Bertz CT molecular complexity index is 528. The molecule has 0 amide bonds. The summed E-state index contributed by atoms with van der Waals surface area (Å²) in [5.41, 5.74) is 6.28. The van der Waals surface area contributed by atoms with E-state index >= 15 is 0 Å². The Labute approximate surface area is 107 Å². The molecule has 1 aromatic heterocycles. The van der Waals surface area contributed by atoms with Crippen molar-refractivity contribution in [2.24, 2.45) is 0 Å². The second kappa shape index (κ2) is 5.16. The van der Waals surface area contributed by atoms with Gasteiger partial charge in [0.15, 0.2) is 0 Å². The lowest BCUT2D eigenvalue weighted by molar-refractivity contribution is 0.0473. The number of esters is 1. The smallest absolute Gasteiger partial charge is 0.340 e. The van der Waals surface area contributed by atoms with E-state index in [0.717, 1.165) is 5.01 Å². The molecule has 2 rings (SSSR count). The van der Waals surface area contributed by atoms with Crippen LogP contribution in [0.3, 0.4) is 0 Å². The molecule has 0 unspecified atom stereocenters. The predicted molar refractivity (Wildman–Crippen MR) is 67.1 cm³/mol. The molecule has 0 saturated carbocycles. The van der Waals surface area contributed by atoms with E-state index in [2.05, 4.69) is 4.98 Å². The molecule has 1 aromatic carbocycles. The number of anilines is 1. The standard InChI is InChI=1S/C11H9ClN2O2S/c12-7-1-2-9(13)8(5-7)11(15)16-6-10-14-3-4-17-10/h1-5H,6,13H2. The highest BCUT2D eigenvalue weighted by molar-refractivity contribution is 7.09. The van der Waals surface area contributed by atoms with E-state index < -0.39 is 5.97 Å². The Balaban J connectivity index is 2.07. The monoisotopic (exact) mass is 268 g/mol. The van der Waals surface area contributed by atoms with E-state index in [1.807, 2.05) is 5.38 Å². The average Bonchev–Trinajstić information content (AvgIpc) is 2.82. The molecule has 0 aliphatic rings. The number of hydrogen-bond acceptors (Lipinski definition) is 5. The largest absolute Gasteiger partial charge is 0.455 e. The molecular weight excluding hydrogens is 260 g/mol. The molecule has 6 heteroatoms. The van der Waals surface area contributed by atoms with Crippen LogP contribution in [0.4, 0.5) is 5.69 Å². The van der Waals surface area contributed by atoms with Crippen molar-refractivity contribution in [3.05, 3.63) is 45.4 Å². The summed E-state index contributed by atoms with van der Waals surface area (Å²) >= 11 is 7.21. The fourth-order valence-electron chi connectivity index (χ4n) is 1.23. The van der Waals surface area contributed by atoms with Crippen LogP contribution < -0.4 is 5.73 Å². The van der Waals surface area contributed by atoms with Crippen LogP contribution in [-0.2, 0) is 11.3 Å². The second-order valence-electron chi connectivity index (χ2n) is 3.23. The van der Waals surface area contributed by atoms with Crippen molar-refractivity contribution in [3.8, 4) is 0 Å². The molecule has 1 heterocycles. The number of aromatic nitrogens is 1. The van der Waals surface area contributed by atoms with Crippen LogP contribution in [0.1, 0.15) is 15.4 Å². The van der Waals surface area contributed by atoms with Gasteiger partial charge in [-0.2, -0.15) is 0 Å². The summed E-state index contributed by atoms with van der Waals surface area (Å²) in [4.78, 5) is 15.7. The maximum absolute atomic E-state index is 11.7. The first kappa shape index (κ1) is 11.9. The van der Waals surface area contributed by atoms with Crippen molar-refractivity contribution in [3.63, 3.8) is 0 Å². The van der Waals surface area contributed by atoms with Gasteiger partial charge in [0.05, 0.1) is 5.56 Å². The van der Waals surface area contributed by atoms with Gasteiger partial charge in [0, 0.05) is 22.3 Å². The summed E-state index contributed by atoms with van der Waals surface area (Å²) in [5.74, 6) is -0.500. The minimum atomic E-state index is -0.500. The van der Waals surface area contributed by atoms with Crippen molar-refractivity contribution in [2.75, 3.05) is 5.73 Å². The first-order valence-electron chi connectivity index (χ1n) is 4.77. The second-order valence-corrected chi connectivity index (χ2v) is 4.65. The third kappa shape index (κ3) is 2.95. The van der Waals surface area contributed by atoms with Gasteiger partial charge in [-0.15, -0.1) is 11.3 Å². The number of thiazole rings is 1. The van der Waals surface area contributed by atoms with Crippen molar-refractivity contribution in [1.29, 1.82) is 0 Å². The van der Waals surface area contributed by atoms with Gasteiger partial charge in [0.2, 0.25) is 0 Å². The van der Waals surface area contributed by atoms with Crippen LogP contribution in [0.2, 0.25) is 5.02 Å². The third-order valence-electron chi connectivity index (χ3n) is 2.05. The fraction of sp³-hybridized carbons (Fsp3) is 0.0909. The SMILES string of the molecule is Nc1ccc(Cl)cc1C(=O)OCc1nccs1. The normalized spacial score (nSPS) is 10.2. The van der Waals surface area contributed by atoms with E-state index in [9.17, 15) is 4.79 Å². The lowest BCUT2D eigenvalue weighted by Gasteiger charge is -2.05. The van der Waals surface area contributed by atoms with E-state index in [1.165, 1.54) is 17.4 Å². The van der Waals surface area contributed by atoms with E-state index in [4.69, 9.17) is 22.1 Å². The van der Waals surface area contributed by atoms with Gasteiger partial charge < -0.3 is 10.5 Å².